The predicted molar refractivity (Wildman–Crippen MR) is 101 cm³/mol. The lowest BCUT2D eigenvalue weighted by Crippen LogP contribution is -2.49. The van der Waals surface area contributed by atoms with E-state index >= 15 is 0 Å². The summed E-state index contributed by atoms with van der Waals surface area (Å²) < 4.78 is 0. The van der Waals surface area contributed by atoms with Gasteiger partial charge in [-0.3, -0.25) is 14.5 Å². The first kappa shape index (κ1) is 18.5. The molecule has 130 valence electrons. The summed E-state index contributed by atoms with van der Waals surface area (Å²) in [5.74, 6) is -0.476. The van der Waals surface area contributed by atoms with E-state index in [-0.39, 0.29) is 17.9 Å². The molecule has 4 heteroatoms. The number of carbonyl (C=O) groups excluding carboxylic acids is 2. The van der Waals surface area contributed by atoms with Gasteiger partial charge in [0.05, 0.1) is 6.04 Å². The average Bonchev–Trinajstić information content (AvgIpc) is 2.63. The molecule has 0 radical (unpaired) electrons. The van der Waals surface area contributed by atoms with E-state index in [9.17, 15) is 9.59 Å². The SMILES string of the molecule is C=C(C)C(=O)N(c1ccccc1)[C@@H](C)C(=O)NC(C)c1ccccc1. The van der Waals surface area contributed by atoms with Gasteiger partial charge in [0, 0.05) is 11.3 Å². The highest BCUT2D eigenvalue weighted by atomic mass is 16.2. The lowest BCUT2D eigenvalue weighted by Gasteiger charge is -2.29. The zero-order valence-corrected chi connectivity index (χ0v) is 14.9. The fraction of sp³-hybridized carbons (Fsp3) is 0.238. The smallest absolute Gasteiger partial charge is 0.254 e. The molecule has 1 N–H and O–H groups in total. The molecule has 0 bridgehead atoms. The van der Waals surface area contributed by atoms with Crippen LogP contribution in [-0.2, 0) is 9.59 Å². The van der Waals surface area contributed by atoms with Crippen LogP contribution in [0.5, 0.6) is 0 Å². The van der Waals surface area contributed by atoms with Gasteiger partial charge in [0.25, 0.3) is 5.91 Å². The normalized spacial score (nSPS) is 12.8. The molecule has 0 fully saturated rings. The first-order chi connectivity index (χ1) is 11.9. The largest absolute Gasteiger partial charge is 0.348 e. The first-order valence-electron chi connectivity index (χ1n) is 8.31. The fourth-order valence-electron chi connectivity index (χ4n) is 2.59. The quantitative estimate of drug-likeness (QED) is 0.814. The molecule has 2 amide bonds. The van der Waals surface area contributed by atoms with Crippen molar-refractivity contribution in [3.05, 3.63) is 78.4 Å². The topological polar surface area (TPSA) is 49.4 Å². The van der Waals surface area contributed by atoms with Gasteiger partial charge in [0.2, 0.25) is 5.91 Å². The first-order valence-corrected chi connectivity index (χ1v) is 8.31. The van der Waals surface area contributed by atoms with Gasteiger partial charge in [-0.1, -0.05) is 55.1 Å². The van der Waals surface area contributed by atoms with E-state index in [0.717, 1.165) is 5.56 Å². The molecule has 2 aromatic carbocycles. The Balaban J connectivity index is 2.21. The van der Waals surface area contributed by atoms with Gasteiger partial charge in [0.15, 0.2) is 0 Å². The van der Waals surface area contributed by atoms with E-state index in [1.54, 1.807) is 13.8 Å². The van der Waals surface area contributed by atoms with Crippen LogP contribution in [0.15, 0.2) is 72.8 Å². The average molecular weight is 336 g/mol. The van der Waals surface area contributed by atoms with E-state index in [1.165, 1.54) is 4.90 Å². The van der Waals surface area contributed by atoms with Crippen molar-refractivity contribution in [2.45, 2.75) is 32.9 Å². The minimum Gasteiger partial charge on any atom is -0.348 e. The van der Waals surface area contributed by atoms with Gasteiger partial charge in [-0.25, -0.2) is 0 Å². The lowest BCUT2D eigenvalue weighted by atomic mass is 10.1. The highest BCUT2D eigenvalue weighted by Crippen LogP contribution is 2.20. The van der Waals surface area contributed by atoms with Gasteiger partial charge >= 0.3 is 0 Å². The van der Waals surface area contributed by atoms with Crippen molar-refractivity contribution in [2.75, 3.05) is 4.90 Å². The van der Waals surface area contributed by atoms with E-state index in [1.807, 2.05) is 67.6 Å². The Morgan fingerprint density at radius 1 is 0.960 bits per heavy atom. The molecule has 0 aliphatic rings. The minimum absolute atomic E-state index is 0.145. The van der Waals surface area contributed by atoms with E-state index in [4.69, 9.17) is 0 Å². The Morgan fingerprint density at radius 2 is 1.48 bits per heavy atom. The van der Waals surface area contributed by atoms with Crippen LogP contribution in [0.2, 0.25) is 0 Å². The molecular formula is C21H24N2O2. The minimum atomic E-state index is -0.655. The number of nitrogens with one attached hydrogen (secondary N) is 1. The van der Waals surface area contributed by atoms with Crippen molar-refractivity contribution in [1.29, 1.82) is 0 Å². The fourth-order valence-corrected chi connectivity index (χ4v) is 2.59. The molecule has 2 aromatic rings. The van der Waals surface area contributed by atoms with Crippen LogP contribution >= 0.6 is 0 Å². The highest BCUT2D eigenvalue weighted by molar-refractivity contribution is 6.08. The molecule has 2 atom stereocenters. The van der Waals surface area contributed by atoms with Crippen LogP contribution in [0.4, 0.5) is 5.69 Å². The zero-order valence-electron chi connectivity index (χ0n) is 14.9. The molecule has 0 saturated heterocycles. The molecule has 1 unspecified atom stereocenters. The van der Waals surface area contributed by atoms with Crippen LogP contribution < -0.4 is 10.2 Å². The third-order valence-electron chi connectivity index (χ3n) is 4.04. The second-order valence-corrected chi connectivity index (χ2v) is 6.11. The van der Waals surface area contributed by atoms with E-state index < -0.39 is 6.04 Å². The summed E-state index contributed by atoms with van der Waals surface area (Å²) in [5.41, 5.74) is 2.07. The number of benzene rings is 2. The molecule has 0 heterocycles. The van der Waals surface area contributed by atoms with Crippen molar-refractivity contribution >= 4 is 17.5 Å². The second-order valence-electron chi connectivity index (χ2n) is 6.11. The summed E-state index contributed by atoms with van der Waals surface area (Å²) in [5, 5.41) is 2.98. The number of hydrogen-bond acceptors (Lipinski definition) is 2. The molecule has 2 rings (SSSR count). The number of para-hydroxylation sites is 1. The van der Waals surface area contributed by atoms with Crippen LogP contribution in [0.3, 0.4) is 0 Å². The van der Waals surface area contributed by atoms with Crippen molar-refractivity contribution in [3.8, 4) is 0 Å². The van der Waals surface area contributed by atoms with Gasteiger partial charge in [0.1, 0.15) is 6.04 Å². The van der Waals surface area contributed by atoms with Gasteiger partial charge in [-0.15, -0.1) is 0 Å². The van der Waals surface area contributed by atoms with Crippen LogP contribution in [0.1, 0.15) is 32.4 Å². The molecule has 0 aliphatic heterocycles. The van der Waals surface area contributed by atoms with E-state index in [2.05, 4.69) is 11.9 Å². The number of anilines is 1. The Bertz CT molecular complexity index is 741. The monoisotopic (exact) mass is 336 g/mol. The Labute approximate surface area is 149 Å². The summed E-state index contributed by atoms with van der Waals surface area (Å²) in [6.45, 7) is 9.02. The third-order valence-corrected chi connectivity index (χ3v) is 4.04. The highest BCUT2D eigenvalue weighted by Gasteiger charge is 2.28. The maximum absolute atomic E-state index is 12.7. The molecule has 0 aromatic heterocycles. The predicted octanol–water partition coefficient (Wildman–Crippen LogP) is 3.86. The molecule has 0 aliphatic carbocycles. The molecule has 25 heavy (non-hydrogen) atoms. The van der Waals surface area contributed by atoms with Crippen molar-refractivity contribution in [1.82, 2.24) is 5.32 Å². The number of amides is 2. The number of carbonyl (C=O) groups is 2. The Kier molecular flexibility index (Phi) is 6.12. The molecular weight excluding hydrogens is 312 g/mol. The summed E-state index contributed by atoms with van der Waals surface area (Å²) in [7, 11) is 0. The summed E-state index contributed by atoms with van der Waals surface area (Å²) in [6, 6.07) is 18.1. The number of rotatable bonds is 6. The van der Waals surface area contributed by atoms with Crippen molar-refractivity contribution in [3.63, 3.8) is 0 Å². The Morgan fingerprint density at radius 3 is 2.00 bits per heavy atom. The third kappa shape index (κ3) is 4.57. The van der Waals surface area contributed by atoms with Crippen LogP contribution in [0.25, 0.3) is 0 Å². The second kappa shape index (κ2) is 8.29. The zero-order chi connectivity index (χ0) is 18.4. The maximum Gasteiger partial charge on any atom is 0.254 e. The van der Waals surface area contributed by atoms with Crippen LogP contribution in [0, 0.1) is 0 Å². The molecule has 0 spiro atoms. The number of nitrogens with zero attached hydrogens (tertiary/aromatic N) is 1. The van der Waals surface area contributed by atoms with E-state index in [0.29, 0.717) is 11.3 Å². The summed E-state index contributed by atoms with van der Waals surface area (Å²) >= 11 is 0. The summed E-state index contributed by atoms with van der Waals surface area (Å²) in [6.07, 6.45) is 0. The lowest BCUT2D eigenvalue weighted by molar-refractivity contribution is -0.125. The van der Waals surface area contributed by atoms with Gasteiger partial charge < -0.3 is 5.32 Å². The van der Waals surface area contributed by atoms with Gasteiger partial charge in [-0.05, 0) is 38.5 Å². The van der Waals surface area contributed by atoms with Gasteiger partial charge in [-0.2, -0.15) is 0 Å². The summed E-state index contributed by atoms with van der Waals surface area (Å²) in [4.78, 5) is 26.8. The van der Waals surface area contributed by atoms with Crippen molar-refractivity contribution < 1.29 is 9.59 Å². The molecule has 4 nitrogen and oxygen atoms in total. The Hall–Kier alpha value is -2.88. The van der Waals surface area contributed by atoms with Crippen LogP contribution in [-0.4, -0.2) is 17.9 Å². The van der Waals surface area contributed by atoms with Crippen molar-refractivity contribution in [2.24, 2.45) is 0 Å². The number of hydrogen-bond donors (Lipinski definition) is 1. The maximum atomic E-state index is 12.7. The standard InChI is InChI=1S/C21H24N2O2/c1-15(2)21(25)23(19-13-9-6-10-14-19)17(4)20(24)22-16(3)18-11-7-5-8-12-18/h5-14,16-17H,1H2,2-4H3,(H,22,24)/t16?,17-/m0/s1. The molecule has 0 saturated carbocycles.